The molecule has 2 amide bonds. The SMILES string of the molecule is COC(C)(CNC(=O)N[C@H]1C[C@@H]2CC[C@H]1C2)c1cccc(Cl)c1. The number of ether oxygens (including phenoxy) is 1. The van der Waals surface area contributed by atoms with Crippen LogP contribution in [0.4, 0.5) is 4.79 Å². The number of urea groups is 1. The molecule has 0 saturated heterocycles. The van der Waals surface area contributed by atoms with Crippen molar-refractivity contribution in [3.8, 4) is 0 Å². The highest BCUT2D eigenvalue weighted by atomic mass is 35.5. The third-order valence-electron chi connectivity index (χ3n) is 5.53. The van der Waals surface area contributed by atoms with Crippen molar-refractivity contribution in [2.75, 3.05) is 13.7 Å². The summed E-state index contributed by atoms with van der Waals surface area (Å²) in [5.74, 6) is 1.49. The van der Waals surface area contributed by atoms with Crippen LogP contribution in [0, 0.1) is 11.8 Å². The quantitative estimate of drug-likeness (QED) is 0.861. The van der Waals surface area contributed by atoms with Crippen molar-refractivity contribution in [2.24, 2.45) is 11.8 Å². The summed E-state index contributed by atoms with van der Waals surface area (Å²) in [4.78, 5) is 12.2. The van der Waals surface area contributed by atoms with Crippen LogP contribution in [0.3, 0.4) is 0 Å². The van der Waals surface area contributed by atoms with Gasteiger partial charge in [-0.15, -0.1) is 0 Å². The van der Waals surface area contributed by atoms with E-state index in [2.05, 4.69) is 10.6 Å². The van der Waals surface area contributed by atoms with Crippen molar-refractivity contribution in [1.29, 1.82) is 0 Å². The number of amides is 2. The maximum Gasteiger partial charge on any atom is 0.315 e. The van der Waals surface area contributed by atoms with Gasteiger partial charge < -0.3 is 15.4 Å². The molecule has 2 aliphatic rings. The van der Waals surface area contributed by atoms with Crippen LogP contribution in [0.15, 0.2) is 24.3 Å². The summed E-state index contributed by atoms with van der Waals surface area (Å²) in [5, 5.41) is 6.76. The van der Waals surface area contributed by atoms with Crippen LogP contribution in [0.1, 0.15) is 38.2 Å². The van der Waals surface area contributed by atoms with E-state index < -0.39 is 5.60 Å². The lowest BCUT2D eigenvalue weighted by molar-refractivity contribution is 0.00478. The van der Waals surface area contributed by atoms with Gasteiger partial charge in [0.05, 0.1) is 6.54 Å². The minimum atomic E-state index is -0.600. The normalized spacial score (nSPS) is 28.4. The van der Waals surface area contributed by atoms with Gasteiger partial charge in [-0.2, -0.15) is 0 Å². The van der Waals surface area contributed by atoms with Crippen LogP contribution in [0.5, 0.6) is 0 Å². The lowest BCUT2D eigenvalue weighted by Crippen LogP contribution is -2.48. The smallest absolute Gasteiger partial charge is 0.315 e. The van der Waals surface area contributed by atoms with Gasteiger partial charge in [-0.3, -0.25) is 0 Å². The Bertz CT molecular complexity index is 580. The molecule has 2 bridgehead atoms. The molecule has 5 heteroatoms. The van der Waals surface area contributed by atoms with Gasteiger partial charge in [0.1, 0.15) is 5.60 Å². The molecule has 2 aliphatic carbocycles. The fraction of sp³-hybridized carbons (Fsp3) is 0.611. The van der Waals surface area contributed by atoms with Crippen LogP contribution in [0.25, 0.3) is 0 Å². The second-order valence-electron chi connectivity index (χ2n) is 7.05. The van der Waals surface area contributed by atoms with Crippen LogP contribution in [-0.4, -0.2) is 25.7 Å². The van der Waals surface area contributed by atoms with Crippen molar-refractivity contribution < 1.29 is 9.53 Å². The molecule has 0 radical (unpaired) electrons. The summed E-state index contributed by atoms with van der Waals surface area (Å²) in [7, 11) is 1.65. The van der Waals surface area contributed by atoms with Crippen molar-refractivity contribution in [1.82, 2.24) is 10.6 Å². The lowest BCUT2D eigenvalue weighted by atomic mass is 9.95. The van der Waals surface area contributed by atoms with Gasteiger partial charge >= 0.3 is 6.03 Å². The van der Waals surface area contributed by atoms with E-state index in [1.807, 2.05) is 31.2 Å². The molecule has 4 atom stereocenters. The third-order valence-corrected chi connectivity index (χ3v) is 5.76. The number of hydrogen-bond donors (Lipinski definition) is 2. The first-order valence-electron chi connectivity index (χ1n) is 8.36. The Labute approximate surface area is 142 Å². The van der Waals surface area contributed by atoms with Gasteiger partial charge in [0.25, 0.3) is 0 Å². The average Bonchev–Trinajstić information content (AvgIpc) is 3.15. The number of halogens is 1. The summed E-state index contributed by atoms with van der Waals surface area (Å²) >= 11 is 6.06. The van der Waals surface area contributed by atoms with E-state index >= 15 is 0 Å². The first-order chi connectivity index (χ1) is 11.0. The Kier molecular flexibility index (Phi) is 4.83. The number of carbonyl (C=O) groups excluding carboxylic acids is 1. The fourth-order valence-electron chi connectivity index (χ4n) is 4.00. The van der Waals surface area contributed by atoms with Crippen molar-refractivity contribution in [3.05, 3.63) is 34.9 Å². The third kappa shape index (κ3) is 3.64. The molecule has 3 rings (SSSR count). The van der Waals surface area contributed by atoms with Crippen molar-refractivity contribution in [2.45, 2.75) is 44.2 Å². The van der Waals surface area contributed by atoms with E-state index in [-0.39, 0.29) is 6.03 Å². The molecular formula is C18H25ClN2O2. The first kappa shape index (κ1) is 16.6. The predicted octanol–water partition coefficient (Wildman–Crippen LogP) is 3.69. The molecule has 1 aromatic carbocycles. The molecule has 0 spiro atoms. The molecule has 0 heterocycles. The second kappa shape index (κ2) is 6.70. The van der Waals surface area contributed by atoms with Gasteiger partial charge in [0.15, 0.2) is 0 Å². The molecule has 126 valence electrons. The number of carbonyl (C=O) groups is 1. The van der Waals surface area contributed by atoms with E-state index in [1.165, 1.54) is 19.3 Å². The largest absolute Gasteiger partial charge is 0.372 e. The molecule has 2 N–H and O–H groups in total. The number of fused-ring (bicyclic) bond motifs is 2. The van der Waals surface area contributed by atoms with E-state index in [1.54, 1.807) is 7.11 Å². The number of benzene rings is 1. The summed E-state index contributed by atoms with van der Waals surface area (Å²) in [5.41, 5.74) is 0.351. The number of nitrogens with one attached hydrogen (secondary N) is 2. The topological polar surface area (TPSA) is 50.4 Å². The Hall–Kier alpha value is -1.26. The minimum absolute atomic E-state index is 0.104. The zero-order valence-corrected chi connectivity index (χ0v) is 14.5. The standard InChI is InChI=1S/C18H25ClN2O2/c1-18(23-2,14-4-3-5-15(19)10-14)11-20-17(22)21-16-9-12-6-7-13(16)8-12/h3-5,10,12-13,16H,6-9,11H2,1-2H3,(H2,20,21,22)/t12-,13+,16+,18?/m1/s1. The lowest BCUT2D eigenvalue weighted by Gasteiger charge is -2.30. The Balaban J connectivity index is 1.56. The number of rotatable bonds is 5. The minimum Gasteiger partial charge on any atom is -0.372 e. The van der Waals surface area contributed by atoms with Crippen molar-refractivity contribution in [3.63, 3.8) is 0 Å². The first-order valence-corrected chi connectivity index (χ1v) is 8.73. The molecule has 1 unspecified atom stereocenters. The van der Waals surface area contributed by atoms with Gasteiger partial charge in [-0.1, -0.05) is 30.2 Å². The monoisotopic (exact) mass is 336 g/mol. The molecule has 1 aromatic rings. The summed E-state index contributed by atoms with van der Waals surface area (Å²) < 4.78 is 5.65. The molecule has 0 aromatic heterocycles. The molecule has 4 nitrogen and oxygen atoms in total. The highest BCUT2D eigenvalue weighted by Crippen LogP contribution is 2.44. The van der Waals surface area contributed by atoms with Crippen LogP contribution >= 0.6 is 11.6 Å². The Morgan fingerprint density at radius 3 is 2.83 bits per heavy atom. The summed E-state index contributed by atoms with van der Waals surface area (Å²) in [6.45, 7) is 2.35. The van der Waals surface area contributed by atoms with Crippen LogP contribution in [0.2, 0.25) is 5.02 Å². The van der Waals surface area contributed by atoms with E-state index in [0.717, 1.165) is 17.9 Å². The second-order valence-corrected chi connectivity index (χ2v) is 7.49. The maximum absolute atomic E-state index is 12.2. The number of methoxy groups -OCH3 is 1. The number of hydrogen-bond acceptors (Lipinski definition) is 2. The Morgan fingerprint density at radius 1 is 1.39 bits per heavy atom. The fourth-order valence-corrected chi connectivity index (χ4v) is 4.19. The van der Waals surface area contributed by atoms with Crippen LogP contribution in [-0.2, 0) is 10.3 Å². The van der Waals surface area contributed by atoms with Crippen LogP contribution < -0.4 is 10.6 Å². The molecule has 2 fully saturated rings. The highest BCUT2D eigenvalue weighted by Gasteiger charge is 2.40. The van der Waals surface area contributed by atoms with Gasteiger partial charge in [-0.25, -0.2) is 4.79 Å². The molecular weight excluding hydrogens is 312 g/mol. The van der Waals surface area contributed by atoms with E-state index in [4.69, 9.17) is 16.3 Å². The molecule has 0 aliphatic heterocycles. The van der Waals surface area contributed by atoms with E-state index in [0.29, 0.717) is 23.5 Å². The van der Waals surface area contributed by atoms with Gasteiger partial charge in [0.2, 0.25) is 0 Å². The summed E-state index contributed by atoms with van der Waals surface area (Å²) in [6, 6.07) is 7.80. The highest BCUT2D eigenvalue weighted by molar-refractivity contribution is 6.30. The molecule has 23 heavy (non-hydrogen) atoms. The van der Waals surface area contributed by atoms with Crippen molar-refractivity contribution >= 4 is 17.6 Å². The Morgan fingerprint density at radius 2 is 2.22 bits per heavy atom. The summed E-state index contributed by atoms with van der Waals surface area (Å²) in [6.07, 6.45) is 5.01. The average molecular weight is 337 g/mol. The maximum atomic E-state index is 12.2. The van der Waals surface area contributed by atoms with E-state index in [9.17, 15) is 4.79 Å². The van der Waals surface area contributed by atoms with Gasteiger partial charge in [0, 0.05) is 18.2 Å². The zero-order valence-electron chi connectivity index (χ0n) is 13.8. The zero-order chi connectivity index (χ0) is 16.4. The molecule has 2 saturated carbocycles. The van der Waals surface area contributed by atoms with Gasteiger partial charge in [-0.05, 0) is 55.7 Å². The predicted molar refractivity (Wildman–Crippen MR) is 91.6 cm³/mol.